The van der Waals surface area contributed by atoms with Gasteiger partial charge in [-0.05, 0) is 6.92 Å². The fourth-order valence-corrected chi connectivity index (χ4v) is 0.241. The van der Waals surface area contributed by atoms with Gasteiger partial charge in [-0.15, -0.1) is 0 Å². The topological polar surface area (TPSA) is 64.8 Å². The number of carboxylic acids is 1. The van der Waals surface area contributed by atoms with Crippen LogP contribution in [-0.2, 0) is 4.79 Å². The van der Waals surface area contributed by atoms with E-state index in [4.69, 9.17) is 5.11 Å². The number of aliphatic carboxylic acids is 1. The Bertz CT molecular complexity index is 99.1. The third-order valence-electron chi connectivity index (χ3n) is 0.462. The predicted octanol–water partition coefficient (Wildman–Crippen LogP) is -2.73. The Morgan fingerprint density at radius 2 is 1.82 bits per heavy atom. The van der Waals surface area contributed by atoms with Crippen LogP contribution < -0.4 is 10.0 Å². The van der Waals surface area contributed by atoms with Crippen molar-refractivity contribution in [1.82, 2.24) is 0 Å². The summed E-state index contributed by atoms with van der Waals surface area (Å²) in [7, 11) is 6.25. The molecule has 0 aliphatic rings. The molecule has 1 atom stereocenters. The molecule has 0 aliphatic heterocycles. The van der Waals surface area contributed by atoms with Crippen LogP contribution >= 0.6 is 0 Å². The van der Waals surface area contributed by atoms with Crippen molar-refractivity contribution >= 4 is 5.97 Å². The lowest BCUT2D eigenvalue weighted by Gasteiger charge is -2.01. The maximum Gasteiger partial charge on any atom is 0.0661 e. The van der Waals surface area contributed by atoms with Gasteiger partial charge in [0, 0.05) is 12.4 Å². The van der Waals surface area contributed by atoms with E-state index in [1.807, 2.05) is 0 Å². The van der Waals surface area contributed by atoms with Gasteiger partial charge in [0.25, 0.3) is 0 Å². The summed E-state index contributed by atoms with van der Waals surface area (Å²) in [6.07, 6.45) is -1.06. The van der Waals surface area contributed by atoms with Crippen LogP contribution in [0.15, 0.2) is 0 Å². The van der Waals surface area contributed by atoms with Gasteiger partial charge in [0.2, 0.25) is 0 Å². The molecule has 0 heterocycles. The van der Waals surface area contributed by atoms with Gasteiger partial charge in [0.1, 0.15) is 0 Å². The van der Waals surface area contributed by atoms with Crippen LogP contribution in [0.2, 0.25) is 0 Å². The number of aliphatic hydroxyl groups is 1. The van der Waals surface area contributed by atoms with Gasteiger partial charge in [-0.2, -0.15) is 0 Å². The van der Waals surface area contributed by atoms with Crippen LogP contribution in [0.5, 0.6) is 0 Å². The molecule has 0 amide bonds. The van der Waals surface area contributed by atoms with Crippen LogP contribution in [0, 0.1) is 0 Å². The summed E-state index contributed by atoms with van der Waals surface area (Å²) in [4.78, 5) is 11.0. The zero-order valence-electron chi connectivity index (χ0n) is 7.55. The van der Waals surface area contributed by atoms with Crippen molar-refractivity contribution < 1.29 is 19.9 Å². The van der Waals surface area contributed by atoms with Crippen molar-refractivity contribution in [3.63, 3.8) is 0 Å². The van der Waals surface area contributed by atoms with E-state index in [0.717, 1.165) is 0 Å². The number of rotatable bonds is 2. The Kier molecular flexibility index (Phi) is 8.87. The minimum absolute atomic E-state index is 0.278. The molecule has 0 spiro atoms. The van der Waals surface area contributed by atoms with Gasteiger partial charge in [-0.1, -0.05) is 0 Å². The molecule has 4 heteroatoms. The Morgan fingerprint density at radius 3 is 1.82 bits per heavy atom. The Labute approximate surface area is 67.4 Å². The third kappa shape index (κ3) is 44.6. The van der Waals surface area contributed by atoms with Crippen molar-refractivity contribution in [2.75, 3.05) is 21.1 Å². The number of carbonyl (C=O) groups excluding carboxylic acids is 1. The van der Waals surface area contributed by atoms with Crippen molar-refractivity contribution in [2.24, 2.45) is 0 Å². The highest BCUT2D eigenvalue weighted by molar-refractivity contribution is 5.64. The normalized spacial score (nSPS) is 11.8. The number of nitrogens with one attached hydrogen (secondary N) is 1. The van der Waals surface area contributed by atoms with Crippen LogP contribution in [0.4, 0.5) is 0 Å². The van der Waals surface area contributed by atoms with Crippen molar-refractivity contribution in [3.8, 4) is 0 Å². The van der Waals surface area contributed by atoms with Gasteiger partial charge in [0.05, 0.1) is 27.2 Å². The fraction of sp³-hybridized carbons (Fsp3) is 0.857. The second-order valence-corrected chi connectivity index (χ2v) is 2.93. The highest BCUT2D eigenvalue weighted by atomic mass is 16.4. The van der Waals surface area contributed by atoms with Crippen molar-refractivity contribution in [3.05, 3.63) is 0 Å². The number of hydrogen-bond acceptors (Lipinski definition) is 3. The van der Waals surface area contributed by atoms with E-state index in [1.165, 1.54) is 11.8 Å². The van der Waals surface area contributed by atoms with E-state index in [2.05, 4.69) is 21.1 Å². The summed E-state index contributed by atoms with van der Waals surface area (Å²) < 4.78 is 0. The molecule has 0 bridgehead atoms. The molecular formula is C7H17NO3. The monoisotopic (exact) mass is 163 g/mol. The summed E-state index contributed by atoms with van der Waals surface area (Å²) in [6, 6.07) is 0. The molecule has 0 saturated heterocycles. The van der Waals surface area contributed by atoms with Crippen LogP contribution in [0.3, 0.4) is 0 Å². The van der Waals surface area contributed by atoms with Crippen molar-refractivity contribution in [2.45, 2.75) is 19.4 Å². The molecule has 0 aromatic carbocycles. The molecule has 0 aromatic rings. The first kappa shape index (κ1) is 13.0. The smallest absolute Gasteiger partial charge is 0.0661 e. The van der Waals surface area contributed by atoms with E-state index in [0.29, 0.717) is 0 Å². The molecule has 68 valence electrons. The minimum atomic E-state index is -1.21. The highest BCUT2D eigenvalue weighted by Crippen LogP contribution is 1.83. The average molecular weight is 163 g/mol. The SMILES string of the molecule is C[C@@H](O)CC(=O)[O-].C[NH+](C)C. The largest absolute Gasteiger partial charge is 0.550 e. The maximum atomic E-state index is 9.54. The first-order valence-corrected chi connectivity index (χ1v) is 3.51. The third-order valence-corrected chi connectivity index (χ3v) is 0.462. The van der Waals surface area contributed by atoms with Gasteiger partial charge < -0.3 is 19.9 Å². The van der Waals surface area contributed by atoms with Gasteiger partial charge in [0.15, 0.2) is 0 Å². The molecule has 11 heavy (non-hydrogen) atoms. The standard InChI is InChI=1S/C4H8O3.C3H9N/c1-3(5)2-4(6)7;1-4(2)3/h3,5H,2H2,1H3,(H,6,7);1-3H3/t3-;/m1./s1. The van der Waals surface area contributed by atoms with E-state index in [-0.39, 0.29) is 6.42 Å². The summed E-state index contributed by atoms with van der Waals surface area (Å²) in [6.45, 7) is 1.40. The van der Waals surface area contributed by atoms with Gasteiger partial charge in [-0.3, -0.25) is 0 Å². The predicted molar refractivity (Wildman–Crippen MR) is 40.0 cm³/mol. The lowest BCUT2D eigenvalue weighted by Crippen LogP contribution is -3.02. The maximum absolute atomic E-state index is 9.54. The molecule has 2 N–H and O–H groups in total. The van der Waals surface area contributed by atoms with E-state index < -0.39 is 12.1 Å². The summed E-state index contributed by atoms with van der Waals surface area (Å²) >= 11 is 0. The van der Waals surface area contributed by atoms with Crippen LogP contribution in [0.25, 0.3) is 0 Å². The second-order valence-electron chi connectivity index (χ2n) is 2.93. The Hall–Kier alpha value is -0.610. The van der Waals surface area contributed by atoms with Gasteiger partial charge >= 0.3 is 0 Å². The lowest BCUT2D eigenvalue weighted by atomic mass is 10.3. The minimum Gasteiger partial charge on any atom is -0.550 e. The molecular weight excluding hydrogens is 146 g/mol. The van der Waals surface area contributed by atoms with E-state index >= 15 is 0 Å². The number of hydrogen-bond donors (Lipinski definition) is 2. The van der Waals surface area contributed by atoms with Crippen LogP contribution in [0.1, 0.15) is 13.3 Å². The quantitative estimate of drug-likeness (QED) is 0.464. The molecule has 4 nitrogen and oxygen atoms in total. The molecule has 0 radical (unpaired) electrons. The zero-order valence-corrected chi connectivity index (χ0v) is 7.55. The van der Waals surface area contributed by atoms with E-state index in [1.54, 1.807) is 0 Å². The van der Waals surface area contributed by atoms with Gasteiger partial charge in [-0.25, -0.2) is 0 Å². The average Bonchev–Trinajstić information content (AvgIpc) is 1.56. The number of carbonyl (C=O) groups is 1. The summed E-state index contributed by atoms with van der Waals surface area (Å²) in [5, 5.41) is 17.8. The summed E-state index contributed by atoms with van der Waals surface area (Å²) in [5.74, 6) is -1.21. The second kappa shape index (κ2) is 7.50. The number of aliphatic hydroxyl groups excluding tert-OH is 1. The highest BCUT2D eigenvalue weighted by Gasteiger charge is 1.91. The Morgan fingerprint density at radius 1 is 1.55 bits per heavy atom. The van der Waals surface area contributed by atoms with E-state index in [9.17, 15) is 9.90 Å². The Balaban J connectivity index is 0. The lowest BCUT2D eigenvalue weighted by molar-refractivity contribution is -0.836. The first-order chi connectivity index (χ1) is 4.86. The number of carboxylic acid groups (broad SMARTS) is 1. The van der Waals surface area contributed by atoms with Crippen molar-refractivity contribution in [1.29, 1.82) is 0 Å². The molecule has 0 unspecified atom stereocenters. The molecule has 0 saturated carbocycles. The zero-order chi connectivity index (χ0) is 9.44. The molecule has 0 rings (SSSR count). The number of quaternary nitrogens is 1. The molecule has 0 aromatic heterocycles. The first-order valence-electron chi connectivity index (χ1n) is 3.51. The molecule has 0 fully saturated rings. The summed E-state index contributed by atoms with van der Waals surface area (Å²) in [5.41, 5.74) is 0. The fourth-order valence-electron chi connectivity index (χ4n) is 0.241. The molecule has 0 aliphatic carbocycles. The van der Waals surface area contributed by atoms with Crippen LogP contribution in [-0.4, -0.2) is 38.3 Å².